The number of sulfonamides is 1. The predicted molar refractivity (Wildman–Crippen MR) is 225 cm³/mol. The number of nitrogens with one attached hydrogen (secondary N) is 3. The zero-order valence-electron chi connectivity index (χ0n) is 32.3. The SMILES string of the molecule is CC(C)(C)OC(=O)NC1CN(C(=O)CCl)CCC/C=C\[C@@H]2C[C@@]2(C(=O)NS(=O)(=O)C2CC2)NC(=O)[C@@H]2C[C@@H](OC(=O)N3Cc4cccc(F)c4C3)CN2C1=O.S.S.S. The molecule has 0 spiro atoms. The highest BCUT2D eigenvalue weighted by molar-refractivity contribution is 7.91. The van der Waals surface area contributed by atoms with Gasteiger partial charge in [0, 0.05) is 31.0 Å². The topological polar surface area (TPSA) is 201 Å². The predicted octanol–water partition coefficient (Wildman–Crippen LogP) is 2.38. The Balaban J connectivity index is 0.00000300. The zero-order chi connectivity index (χ0) is 39.9. The first-order chi connectivity index (χ1) is 25.9. The van der Waals surface area contributed by atoms with Gasteiger partial charge in [0.2, 0.25) is 27.7 Å². The van der Waals surface area contributed by atoms with Crippen LogP contribution in [0.4, 0.5) is 14.0 Å². The van der Waals surface area contributed by atoms with Crippen molar-refractivity contribution in [3.63, 3.8) is 0 Å². The summed E-state index contributed by atoms with van der Waals surface area (Å²) in [6.45, 7) is 4.37. The van der Waals surface area contributed by atoms with E-state index in [1.165, 1.54) is 21.9 Å². The van der Waals surface area contributed by atoms with E-state index >= 15 is 0 Å². The summed E-state index contributed by atoms with van der Waals surface area (Å²) in [7, 11) is -3.98. The van der Waals surface area contributed by atoms with Crippen LogP contribution in [0.25, 0.3) is 0 Å². The van der Waals surface area contributed by atoms with Crippen LogP contribution in [0.3, 0.4) is 0 Å². The Morgan fingerprint density at radius 2 is 1.76 bits per heavy atom. The van der Waals surface area contributed by atoms with Crippen LogP contribution in [0.1, 0.15) is 70.4 Å². The molecule has 3 aliphatic heterocycles. The molecule has 0 bridgehead atoms. The molecule has 3 heterocycles. The van der Waals surface area contributed by atoms with E-state index in [9.17, 15) is 41.6 Å². The molecule has 2 saturated carbocycles. The van der Waals surface area contributed by atoms with Gasteiger partial charge in [-0.3, -0.25) is 28.8 Å². The molecule has 3 N–H and O–H groups in total. The molecule has 6 amide bonds. The van der Waals surface area contributed by atoms with Crippen molar-refractivity contribution in [1.82, 2.24) is 30.1 Å². The van der Waals surface area contributed by atoms with Gasteiger partial charge in [0.15, 0.2) is 0 Å². The molecule has 3 fully saturated rings. The van der Waals surface area contributed by atoms with Crippen LogP contribution in [0, 0.1) is 11.7 Å². The average molecular weight is 912 g/mol. The molecule has 22 heteroatoms. The van der Waals surface area contributed by atoms with E-state index in [4.69, 9.17) is 21.1 Å². The number of carbonyl (C=O) groups excluding carboxylic acids is 6. The van der Waals surface area contributed by atoms with Crippen molar-refractivity contribution in [2.24, 2.45) is 5.92 Å². The van der Waals surface area contributed by atoms with Crippen LogP contribution in [-0.2, 0) is 51.8 Å². The average Bonchev–Trinajstić information content (AvgIpc) is 3.99. The maximum absolute atomic E-state index is 14.6. The van der Waals surface area contributed by atoms with Crippen molar-refractivity contribution >= 4 is 97.9 Å². The van der Waals surface area contributed by atoms with Crippen LogP contribution in [0.2, 0.25) is 0 Å². The van der Waals surface area contributed by atoms with Crippen LogP contribution >= 0.6 is 52.1 Å². The number of hydrogen-bond acceptors (Lipinski definition) is 10. The number of alkyl halides is 1. The molecule has 6 rings (SSSR count). The Labute approximate surface area is 363 Å². The summed E-state index contributed by atoms with van der Waals surface area (Å²) in [5.74, 6) is -4.53. The van der Waals surface area contributed by atoms with Crippen LogP contribution in [-0.4, -0.2) is 119 Å². The number of amides is 6. The molecule has 5 atom stereocenters. The van der Waals surface area contributed by atoms with Gasteiger partial charge in [-0.25, -0.2) is 22.4 Å². The van der Waals surface area contributed by atoms with Crippen molar-refractivity contribution < 1.29 is 51.0 Å². The molecule has 1 aromatic carbocycles. The highest BCUT2D eigenvalue weighted by Crippen LogP contribution is 2.46. The van der Waals surface area contributed by atoms with E-state index in [-0.39, 0.29) is 86.1 Å². The summed E-state index contributed by atoms with van der Waals surface area (Å²) in [5, 5.41) is 4.57. The van der Waals surface area contributed by atoms with Gasteiger partial charge >= 0.3 is 12.2 Å². The Morgan fingerprint density at radius 1 is 1.05 bits per heavy atom. The summed E-state index contributed by atoms with van der Waals surface area (Å²) >= 11 is 5.94. The van der Waals surface area contributed by atoms with Crippen LogP contribution in [0.5, 0.6) is 0 Å². The third-order valence-corrected chi connectivity index (χ3v) is 12.3. The molecule has 16 nitrogen and oxygen atoms in total. The van der Waals surface area contributed by atoms with E-state index in [0.717, 1.165) is 4.90 Å². The molecule has 0 aromatic heterocycles. The van der Waals surface area contributed by atoms with E-state index < -0.39 is 98.0 Å². The first-order valence-corrected chi connectivity index (χ1v) is 20.4. The monoisotopic (exact) mass is 910 g/mol. The Hall–Kier alpha value is -3.40. The first kappa shape index (κ1) is 49.0. The number of rotatable bonds is 6. The fraction of sp³-hybridized carbons (Fsp3) is 0.611. The van der Waals surface area contributed by atoms with Gasteiger partial charge in [0.05, 0.1) is 24.9 Å². The Kier molecular flexibility index (Phi) is 16.3. The maximum Gasteiger partial charge on any atom is 0.410 e. The minimum Gasteiger partial charge on any atom is -0.444 e. The highest BCUT2D eigenvalue weighted by Gasteiger charge is 2.62. The lowest BCUT2D eigenvalue weighted by Gasteiger charge is -2.33. The number of allylic oxidation sites excluding steroid dienone is 1. The van der Waals surface area contributed by atoms with Gasteiger partial charge in [0.1, 0.15) is 41.0 Å². The molecule has 0 radical (unpaired) electrons. The third kappa shape index (κ3) is 11.2. The minimum atomic E-state index is -3.98. The maximum atomic E-state index is 14.6. The van der Waals surface area contributed by atoms with Crippen molar-refractivity contribution in [3.05, 3.63) is 47.3 Å². The number of nitrogens with zero attached hydrogens (tertiary/aromatic N) is 3. The third-order valence-electron chi connectivity index (χ3n) is 10.3. The van der Waals surface area contributed by atoms with E-state index in [2.05, 4.69) is 15.4 Å². The highest BCUT2D eigenvalue weighted by atomic mass is 35.5. The minimum absolute atomic E-state index is 0. The molecule has 1 saturated heterocycles. The van der Waals surface area contributed by atoms with E-state index in [0.29, 0.717) is 36.8 Å². The summed E-state index contributed by atoms with van der Waals surface area (Å²) in [6.07, 6.45) is 2.10. The van der Waals surface area contributed by atoms with Crippen molar-refractivity contribution in [1.29, 1.82) is 0 Å². The Morgan fingerprint density at radius 3 is 2.40 bits per heavy atom. The van der Waals surface area contributed by atoms with Crippen molar-refractivity contribution in [2.45, 2.75) is 107 Å². The number of alkyl carbamates (subject to hydrolysis) is 1. The largest absolute Gasteiger partial charge is 0.444 e. The lowest BCUT2D eigenvalue weighted by molar-refractivity contribution is -0.142. The van der Waals surface area contributed by atoms with Gasteiger partial charge < -0.3 is 29.9 Å². The second-order valence-corrected chi connectivity index (χ2v) is 17.9. The number of fused-ring (bicyclic) bond motifs is 3. The summed E-state index contributed by atoms with van der Waals surface area (Å²) in [6, 6.07) is 1.68. The van der Waals surface area contributed by atoms with Gasteiger partial charge in [0.25, 0.3) is 5.91 Å². The molecular formula is C36H52ClFN6O10S4. The smallest absolute Gasteiger partial charge is 0.410 e. The summed E-state index contributed by atoms with van der Waals surface area (Å²) in [4.78, 5) is 85.8. The van der Waals surface area contributed by atoms with Gasteiger partial charge in [-0.1, -0.05) is 24.3 Å². The Bertz CT molecular complexity index is 1900. The quantitative estimate of drug-likeness (QED) is 0.281. The number of halogens is 2. The van der Waals surface area contributed by atoms with Gasteiger partial charge in [-0.2, -0.15) is 40.5 Å². The molecule has 2 aliphatic carbocycles. The normalized spacial score (nSPS) is 26.3. The standard InChI is InChI=1S/C36H46ClFN6O10S.3H2S/c1-35(2,3)54-33(49)39-27-20-42(29(45)16-37)13-6-4-5-9-22-15-36(22,32(48)41-55(51,52)24-11-12-24)40-30(46)28-14-23(18-44(28)31(27)47)53-34(50)43-17-21-8-7-10-26(38)25(21)19-43;;;/h5,7-10,22-24,27-28H,4,6,11-20H2,1-3H3,(H,39,49)(H,40,46)(H,41,48);3*1H2/b9-5-;;;/t22-,23-,27?,28+,36-;;;/m1.../s1. The fourth-order valence-electron chi connectivity index (χ4n) is 7.19. The van der Waals surface area contributed by atoms with Crippen molar-refractivity contribution in [3.8, 4) is 0 Å². The molecule has 58 heavy (non-hydrogen) atoms. The molecule has 1 aromatic rings. The molecule has 5 aliphatic rings. The number of carbonyl (C=O) groups is 6. The van der Waals surface area contributed by atoms with Crippen LogP contribution < -0.4 is 15.4 Å². The zero-order valence-corrected chi connectivity index (χ0v) is 36.9. The summed E-state index contributed by atoms with van der Waals surface area (Å²) < 4.78 is 53.4. The lowest BCUT2D eigenvalue weighted by Crippen LogP contribution is -2.60. The summed E-state index contributed by atoms with van der Waals surface area (Å²) in [5.41, 5.74) is -1.65. The number of ether oxygens (including phenoxy) is 2. The second kappa shape index (κ2) is 19.3. The van der Waals surface area contributed by atoms with Gasteiger partial charge in [-0.15, -0.1) is 11.6 Å². The first-order valence-electron chi connectivity index (χ1n) is 18.3. The van der Waals surface area contributed by atoms with Crippen LogP contribution in [0.15, 0.2) is 30.4 Å². The number of benzene rings is 1. The van der Waals surface area contributed by atoms with Gasteiger partial charge in [-0.05, 0) is 64.5 Å². The molecular weight excluding hydrogens is 859 g/mol. The van der Waals surface area contributed by atoms with E-state index in [1.807, 2.05) is 0 Å². The van der Waals surface area contributed by atoms with E-state index in [1.54, 1.807) is 39.0 Å². The molecule has 1 unspecified atom stereocenters. The number of hydrogen-bond donors (Lipinski definition) is 3. The fourth-order valence-corrected chi connectivity index (χ4v) is 8.72. The lowest BCUT2D eigenvalue weighted by atomic mass is 10.1. The van der Waals surface area contributed by atoms with Crippen molar-refractivity contribution in [2.75, 3.05) is 25.5 Å². The molecule has 324 valence electrons. The second-order valence-electron chi connectivity index (χ2n) is 15.7.